The van der Waals surface area contributed by atoms with Crippen molar-refractivity contribution in [3.05, 3.63) is 50.6 Å². The van der Waals surface area contributed by atoms with E-state index >= 15 is 0 Å². The summed E-state index contributed by atoms with van der Waals surface area (Å²) < 4.78 is 15.0. The summed E-state index contributed by atoms with van der Waals surface area (Å²) in [5.41, 5.74) is 0.497. The summed E-state index contributed by atoms with van der Waals surface area (Å²) in [5.74, 6) is -0.246. The molecule has 0 bridgehead atoms. The predicted molar refractivity (Wildman–Crippen MR) is 81.0 cm³/mol. The molecule has 0 radical (unpaired) electrons. The third kappa shape index (κ3) is 3.84. The van der Waals surface area contributed by atoms with Crippen molar-refractivity contribution in [3.63, 3.8) is 0 Å². The van der Waals surface area contributed by atoms with Crippen molar-refractivity contribution in [2.75, 3.05) is 6.54 Å². The molecule has 0 aliphatic heterocycles. The van der Waals surface area contributed by atoms with E-state index in [1.807, 2.05) is 11.4 Å². The van der Waals surface area contributed by atoms with Gasteiger partial charge in [-0.2, -0.15) is 0 Å². The lowest BCUT2D eigenvalue weighted by Crippen LogP contribution is -2.25. The van der Waals surface area contributed by atoms with E-state index in [-0.39, 0.29) is 11.9 Å². The fourth-order valence-electron chi connectivity index (χ4n) is 1.89. The first kappa shape index (κ1) is 14.6. The first-order valence-electron chi connectivity index (χ1n) is 6.28. The van der Waals surface area contributed by atoms with Gasteiger partial charge in [-0.3, -0.25) is 4.98 Å². The Hall–Kier alpha value is -0.780. The lowest BCUT2D eigenvalue weighted by Gasteiger charge is -2.18. The Labute approximate surface area is 125 Å². The molecule has 1 N–H and O–H groups in total. The number of aromatic nitrogens is 1. The average molecular weight is 343 g/mol. The maximum atomic E-state index is 13.9. The summed E-state index contributed by atoms with van der Waals surface area (Å²) in [4.78, 5) is 5.40. The van der Waals surface area contributed by atoms with Crippen LogP contribution in [-0.2, 0) is 6.42 Å². The molecule has 0 amide bonds. The number of nitrogens with zero attached hydrogens (tertiary/aromatic N) is 1. The molecular formula is C14H16BrFN2S. The van der Waals surface area contributed by atoms with E-state index in [0.717, 1.165) is 23.9 Å². The topological polar surface area (TPSA) is 24.9 Å². The van der Waals surface area contributed by atoms with Crippen LogP contribution in [0.1, 0.15) is 30.0 Å². The Morgan fingerprint density at radius 3 is 2.95 bits per heavy atom. The number of pyridine rings is 1. The van der Waals surface area contributed by atoms with Crippen LogP contribution in [0.2, 0.25) is 0 Å². The summed E-state index contributed by atoms with van der Waals surface area (Å²) in [7, 11) is 0. The Bertz CT molecular complexity index is 530. The third-order valence-corrected chi connectivity index (χ3v) is 4.79. The van der Waals surface area contributed by atoms with Gasteiger partial charge in [0, 0.05) is 22.0 Å². The maximum Gasteiger partial charge on any atom is 0.146 e. The minimum absolute atomic E-state index is 0.0869. The molecule has 0 spiro atoms. The SMILES string of the molecule is CCCNC(Cc1sccc1Br)c1ncccc1F. The highest BCUT2D eigenvalue weighted by Crippen LogP contribution is 2.28. The van der Waals surface area contributed by atoms with Crippen LogP contribution in [0.3, 0.4) is 0 Å². The fourth-order valence-corrected chi connectivity index (χ4v) is 3.46. The number of rotatable bonds is 6. The van der Waals surface area contributed by atoms with Crippen LogP contribution in [0, 0.1) is 5.82 Å². The summed E-state index contributed by atoms with van der Waals surface area (Å²) in [6.07, 6.45) is 3.39. The van der Waals surface area contributed by atoms with E-state index in [1.54, 1.807) is 23.6 Å². The first-order valence-corrected chi connectivity index (χ1v) is 7.95. The van der Waals surface area contributed by atoms with Gasteiger partial charge in [0.15, 0.2) is 0 Å². The van der Waals surface area contributed by atoms with Gasteiger partial charge in [0.25, 0.3) is 0 Å². The normalized spacial score (nSPS) is 12.6. The van der Waals surface area contributed by atoms with E-state index in [2.05, 4.69) is 33.2 Å². The number of hydrogen-bond acceptors (Lipinski definition) is 3. The first-order chi connectivity index (χ1) is 9.22. The summed E-state index contributed by atoms with van der Waals surface area (Å²) in [6, 6.07) is 5.02. The molecule has 5 heteroatoms. The van der Waals surface area contributed by atoms with E-state index in [0.29, 0.717) is 5.69 Å². The highest BCUT2D eigenvalue weighted by molar-refractivity contribution is 9.10. The molecule has 0 aromatic carbocycles. The Morgan fingerprint density at radius 2 is 2.32 bits per heavy atom. The van der Waals surface area contributed by atoms with Gasteiger partial charge in [-0.25, -0.2) is 4.39 Å². The lowest BCUT2D eigenvalue weighted by molar-refractivity contribution is 0.484. The summed E-state index contributed by atoms with van der Waals surface area (Å²) >= 11 is 5.20. The molecule has 0 aliphatic carbocycles. The van der Waals surface area contributed by atoms with Crippen LogP contribution >= 0.6 is 27.3 Å². The van der Waals surface area contributed by atoms with Gasteiger partial charge in [0.05, 0.1) is 11.7 Å². The maximum absolute atomic E-state index is 13.9. The average Bonchev–Trinajstić information content (AvgIpc) is 2.81. The van der Waals surface area contributed by atoms with Gasteiger partial charge in [-0.15, -0.1) is 11.3 Å². The van der Waals surface area contributed by atoms with Gasteiger partial charge in [-0.1, -0.05) is 6.92 Å². The van der Waals surface area contributed by atoms with Gasteiger partial charge in [-0.05, 0) is 52.5 Å². The van der Waals surface area contributed by atoms with Gasteiger partial charge < -0.3 is 5.32 Å². The van der Waals surface area contributed by atoms with Crippen molar-refractivity contribution >= 4 is 27.3 Å². The van der Waals surface area contributed by atoms with Crippen molar-refractivity contribution in [3.8, 4) is 0 Å². The van der Waals surface area contributed by atoms with E-state index in [4.69, 9.17) is 0 Å². The second-order valence-corrected chi connectivity index (χ2v) is 6.13. The van der Waals surface area contributed by atoms with Crippen LogP contribution < -0.4 is 5.32 Å². The number of halogens is 2. The van der Waals surface area contributed by atoms with Crippen LogP contribution in [0.15, 0.2) is 34.2 Å². The molecule has 0 saturated carbocycles. The molecule has 0 saturated heterocycles. The molecule has 102 valence electrons. The van der Waals surface area contributed by atoms with Crippen molar-refractivity contribution in [2.24, 2.45) is 0 Å². The Balaban J connectivity index is 2.21. The molecule has 19 heavy (non-hydrogen) atoms. The zero-order valence-corrected chi connectivity index (χ0v) is 13.1. The molecule has 2 aromatic rings. The molecular weight excluding hydrogens is 327 g/mol. The third-order valence-electron chi connectivity index (χ3n) is 2.84. The quantitative estimate of drug-likeness (QED) is 0.845. The van der Waals surface area contributed by atoms with Crippen molar-refractivity contribution in [1.29, 1.82) is 0 Å². The Kier molecular flexibility index (Phi) is 5.48. The number of nitrogens with one attached hydrogen (secondary N) is 1. The molecule has 2 heterocycles. The fraction of sp³-hybridized carbons (Fsp3) is 0.357. The smallest absolute Gasteiger partial charge is 0.146 e. The molecule has 1 atom stereocenters. The second kappa shape index (κ2) is 7.12. The van der Waals surface area contributed by atoms with Crippen molar-refractivity contribution in [1.82, 2.24) is 10.3 Å². The zero-order chi connectivity index (χ0) is 13.7. The van der Waals surface area contributed by atoms with E-state index < -0.39 is 0 Å². The van der Waals surface area contributed by atoms with Crippen LogP contribution in [-0.4, -0.2) is 11.5 Å². The molecule has 2 nitrogen and oxygen atoms in total. The predicted octanol–water partition coefficient (Wildman–Crippen LogP) is 4.33. The van der Waals surface area contributed by atoms with Crippen LogP contribution in [0.25, 0.3) is 0 Å². The standard InChI is InChI=1S/C14H16BrFN2S/c1-2-6-17-12(9-13-10(15)5-8-19-13)14-11(16)4-3-7-18-14/h3-5,7-8,12,17H,2,6,9H2,1H3. The Morgan fingerprint density at radius 1 is 1.47 bits per heavy atom. The van der Waals surface area contributed by atoms with Crippen molar-refractivity contribution in [2.45, 2.75) is 25.8 Å². The number of thiophene rings is 1. The minimum Gasteiger partial charge on any atom is -0.308 e. The van der Waals surface area contributed by atoms with Crippen LogP contribution in [0.5, 0.6) is 0 Å². The zero-order valence-electron chi connectivity index (χ0n) is 10.7. The second-order valence-electron chi connectivity index (χ2n) is 4.27. The largest absolute Gasteiger partial charge is 0.308 e. The molecule has 2 aromatic heterocycles. The summed E-state index contributed by atoms with van der Waals surface area (Å²) in [6.45, 7) is 2.95. The molecule has 1 unspecified atom stereocenters. The van der Waals surface area contributed by atoms with Crippen LogP contribution in [0.4, 0.5) is 4.39 Å². The highest BCUT2D eigenvalue weighted by atomic mass is 79.9. The van der Waals surface area contributed by atoms with Gasteiger partial charge in [0.2, 0.25) is 0 Å². The number of hydrogen-bond donors (Lipinski definition) is 1. The molecule has 2 rings (SSSR count). The molecule has 0 aliphatic rings. The highest BCUT2D eigenvalue weighted by Gasteiger charge is 2.18. The van der Waals surface area contributed by atoms with E-state index in [1.165, 1.54) is 10.9 Å². The monoisotopic (exact) mass is 342 g/mol. The minimum atomic E-state index is -0.246. The van der Waals surface area contributed by atoms with Crippen molar-refractivity contribution < 1.29 is 4.39 Å². The summed E-state index contributed by atoms with van der Waals surface area (Å²) in [5, 5.41) is 5.41. The van der Waals surface area contributed by atoms with Gasteiger partial charge >= 0.3 is 0 Å². The van der Waals surface area contributed by atoms with E-state index in [9.17, 15) is 4.39 Å². The lowest BCUT2D eigenvalue weighted by atomic mass is 10.1. The van der Waals surface area contributed by atoms with Gasteiger partial charge in [0.1, 0.15) is 5.82 Å². The molecule has 0 fully saturated rings.